The van der Waals surface area contributed by atoms with Crippen LogP contribution in [0.2, 0.25) is 0 Å². The summed E-state index contributed by atoms with van der Waals surface area (Å²) in [7, 11) is 0. The van der Waals surface area contributed by atoms with Crippen molar-refractivity contribution in [1.29, 1.82) is 0 Å². The van der Waals surface area contributed by atoms with E-state index in [2.05, 4.69) is 0 Å². The van der Waals surface area contributed by atoms with E-state index in [0.717, 1.165) is 6.42 Å². The Morgan fingerprint density at radius 2 is 2.38 bits per heavy atom. The molecule has 3 unspecified atom stereocenters. The molecule has 1 heterocycles. The Kier molecular flexibility index (Phi) is 3.69. The third-order valence-electron chi connectivity index (χ3n) is 2.45. The molecule has 1 aliphatic rings. The topological polar surface area (TPSA) is 66.8 Å². The van der Waals surface area contributed by atoms with Gasteiger partial charge in [0.25, 0.3) is 0 Å². The maximum Gasteiger partial charge on any atom is 0.312 e. The summed E-state index contributed by atoms with van der Waals surface area (Å²) in [4.78, 5) is 11.2. The Bertz CT molecular complexity index is 180. The molecular formula is C9H16O4. The summed E-state index contributed by atoms with van der Waals surface area (Å²) in [6.07, 6.45) is 0.733. The second-order valence-corrected chi connectivity index (χ2v) is 3.45. The predicted molar refractivity (Wildman–Crippen MR) is 45.9 cm³/mol. The molecule has 1 fully saturated rings. The standard InChI is InChI=1S/C9H16O4/c1-2-3-7(11)8-6(4-10)5-13-9(8)12/h6-8,10-11H,2-5H2,1H3. The van der Waals surface area contributed by atoms with Crippen LogP contribution >= 0.6 is 0 Å². The molecule has 0 aromatic heterocycles. The molecule has 0 radical (unpaired) electrons. The van der Waals surface area contributed by atoms with Gasteiger partial charge < -0.3 is 14.9 Å². The van der Waals surface area contributed by atoms with Crippen molar-refractivity contribution in [2.24, 2.45) is 11.8 Å². The summed E-state index contributed by atoms with van der Waals surface area (Å²) < 4.78 is 4.78. The zero-order valence-corrected chi connectivity index (χ0v) is 7.77. The van der Waals surface area contributed by atoms with Crippen LogP contribution in [0.15, 0.2) is 0 Å². The van der Waals surface area contributed by atoms with Crippen LogP contribution in [0.4, 0.5) is 0 Å². The Labute approximate surface area is 77.5 Å². The molecule has 0 aromatic carbocycles. The lowest BCUT2D eigenvalue weighted by atomic mass is 9.89. The fourth-order valence-corrected chi connectivity index (χ4v) is 1.69. The zero-order chi connectivity index (χ0) is 9.84. The molecule has 1 saturated heterocycles. The van der Waals surface area contributed by atoms with Crippen molar-refractivity contribution < 1.29 is 19.7 Å². The van der Waals surface area contributed by atoms with E-state index in [0.29, 0.717) is 6.42 Å². The van der Waals surface area contributed by atoms with E-state index in [1.807, 2.05) is 6.92 Å². The first kappa shape index (κ1) is 10.5. The third-order valence-corrected chi connectivity index (χ3v) is 2.45. The third kappa shape index (κ3) is 2.19. The Hall–Kier alpha value is -0.610. The molecule has 1 aliphatic heterocycles. The number of ether oxygens (including phenoxy) is 1. The quantitative estimate of drug-likeness (QED) is 0.606. The molecule has 1 rings (SSSR count). The highest BCUT2D eigenvalue weighted by Crippen LogP contribution is 2.26. The second kappa shape index (κ2) is 4.58. The van der Waals surface area contributed by atoms with Crippen LogP contribution in [0, 0.1) is 11.8 Å². The molecule has 4 heteroatoms. The van der Waals surface area contributed by atoms with Gasteiger partial charge in [-0.2, -0.15) is 0 Å². The van der Waals surface area contributed by atoms with Gasteiger partial charge in [0.15, 0.2) is 0 Å². The molecule has 3 atom stereocenters. The minimum atomic E-state index is -0.669. The summed E-state index contributed by atoms with van der Waals surface area (Å²) in [5.41, 5.74) is 0. The molecule has 0 saturated carbocycles. The highest BCUT2D eigenvalue weighted by atomic mass is 16.5. The second-order valence-electron chi connectivity index (χ2n) is 3.45. The average Bonchev–Trinajstić information content (AvgIpc) is 2.47. The monoisotopic (exact) mass is 188 g/mol. The normalized spacial score (nSPS) is 30.2. The van der Waals surface area contributed by atoms with E-state index in [-0.39, 0.29) is 25.1 Å². The van der Waals surface area contributed by atoms with Crippen LogP contribution in [0.5, 0.6) is 0 Å². The summed E-state index contributed by atoms with van der Waals surface area (Å²) in [6, 6.07) is 0. The van der Waals surface area contributed by atoms with Crippen molar-refractivity contribution in [2.45, 2.75) is 25.9 Å². The zero-order valence-electron chi connectivity index (χ0n) is 7.77. The molecule has 0 bridgehead atoms. The van der Waals surface area contributed by atoms with Crippen LogP contribution in [0.3, 0.4) is 0 Å². The molecule has 0 aromatic rings. The van der Waals surface area contributed by atoms with Crippen LogP contribution in [-0.4, -0.2) is 35.5 Å². The van der Waals surface area contributed by atoms with Crippen LogP contribution in [-0.2, 0) is 9.53 Å². The first-order valence-electron chi connectivity index (χ1n) is 4.66. The van der Waals surface area contributed by atoms with Gasteiger partial charge in [0.05, 0.1) is 25.2 Å². The molecule has 76 valence electrons. The summed E-state index contributed by atoms with van der Waals surface area (Å²) in [5, 5.41) is 18.5. The molecule has 4 nitrogen and oxygen atoms in total. The molecule has 0 amide bonds. The van der Waals surface area contributed by atoms with Crippen molar-refractivity contribution in [2.75, 3.05) is 13.2 Å². The minimum Gasteiger partial charge on any atom is -0.465 e. The van der Waals surface area contributed by atoms with Gasteiger partial charge in [-0.05, 0) is 6.42 Å². The van der Waals surface area contributed by atoms with E-state index < -0.39 is 12.0 Å². The van der Waals surface area contributed by atoms with Gasteiger partial charge in [0.1, 0.15) is 0 Å². The maximum absolute atomic E-state index is 11.2. The molecule has 0 aliphatic carbocycles. The van der Waals surface area contributed by atoms with E-state index in [4.69, 9.17) is 9.84 Å². The lowest BCUT2D eigenvalue weighted by Crippen LogP contribution is -2.31. The number of carbonyl (C=O) groups excluding carboxylic acids is 1. The van der Waals surface area contributed by atoms with Crippen molar-refractivity contribution in [3.8, 4) is 0 Å². The largest absolute Gasteiger partial charge is 0.465 e. The number of aliphatic hydroxyl groups is 2. The minimum absolute atomic E-state index is 0.100. The summed E-state index contributed by atoms with van der Waals surface area (Å²) in [5.74, 6) is -1.13. The first-order chi connectivity index (χ1) is 6.20. The maximum atomic E-state index is 11.2. The Morgan fingerprint density at radius 3 is 2.92 bits per heavy atom. The molecular weight excluding hydrogens is 172 g/mol. The summed E-state index contributed by atoms with van der Waals surface area (Å²) >= 11 is 0. The number of carbonyl (C=O) groups is 1. The van der Waals surface area contributed by atoms with E-state index in [1.54, 1.807) is 0 Å². The van der Waals surface area contributed by atoms with Crippen molar-refractivity contribution in [3.63, 3.8) is 0 Å². The molecule has 0 spiro atoms. The van der Waals surface area contributed by atoms with Gasteiger partial charge in [-0.3, -0.25) is 4.79 Å². The fourth-order valence-electron chi connectivity index (χ4n) is 1.69. The van der Waals surface area contributed by atoms with Crippen LogP contribution in [0.25, 0.3) is 0 Å². The average molecular weight is 188 g/mol. The number of cyclic esters (lactones) is 1. The number of hydrogen-bond acceptors (Lipinski definition) is 4. The van der Waals surface area contributed by atoms with Crippen LogP contribution in [0.1, 0.15) is 19.8 Å². The van der Waals surface area contributed by atoms with Crippen molar-refractivity contribution in [3.05, 3.63) is 0 Å². The first-order valence-corrected chi connectivity index (χ1v) is 4.66. The van der Waals surface area contributed by atoms with Gasteiger partial charge in [0.2, 0.25) is 0 Å². The highest BCUT2D eigenvalue weighted by Gasteiger charge is 2.40. The molecule has 2 N–H and O–H groups in total. The smallest absolute Gasteiger partial charge is 0.312 e. The van der Waals surface area contributed by atoms with Gasteiger partial charge in [-0.25, -0.2) is 0 Å². The lowest BCUT2D eigenvalue weighted by molar-refractivity contribution is -0.144. The Morgan fingerprint density at radius 1 is 1.69 bits per heavy atom. The number of rotatable bonds is 4. The van der Waals surface area contributed by atoms with Crippen molar-refractivity contribution in [1.82, 2.24) is 0 Å². The van der Waals surface area contributed by atoms with Gasteiger partial charge >= 0.3 is 5.97 Å². The summed E-state index contributed by atoms with van der Waals surface area (Å²) in [6.45, 7) is 2.08. The van der Waals surface area contributed by atoms with E-state index in [9.17, 15) is 9.90 Å². The molecule has 13 heavy (non-hydrogen) atoms. The van der Waals surface area contributed by atoms with Gasteiger partial charge in [-0.1, -0.05) is 13.3 Å². The number of esters is 1. The Balaban J connectivity index is 2.57. The van der Waals surface area contributed by atoms with Gasteiger partial charge in [-0.15, -0.1) is 0 Å². The SMILES string of the molecule is CCCC(O)C1C(=O)OCC1CO. The van der Waals surface area contributed by atoms with Crippen LogP contribution < -0.4 is 0 Å². The van der Waals surface area contributed by atoms with E-state index >= 15 is 0 Å². The fraction of sp³-hybridized carbons (Fsp3) is 0.889. The number of aliphatic hydroxyl groups excluding tert-OH is 2. The lowest BCUT2D eigenvalue weighted by Gasteiger charge is -2.18. The van der Waals surface area contributed by atoms with Crippen molar-refractivity contribution >= 4 is 5.97 Å². The highest BCUT2D eigenvalue weighted by molar-refractivity contribution is 5.75. The number of hydrogen-bond donors (Lipinski definition) is 2. The predicted octanol–water partition coefficient (Wildman–Crippen LogP) is -0.0711. The van der Waals surface area contributed by atoms with E-state index in [1.165, 1.54) is 0 Å². The van der Waals surface area contributed by atoms with Gasteiger partial charge in [0, 0.05) is 5.92 Å².